The molecule has 1 aromatic heterocycles. The molecular weight excluding hydrogens is 244 g/mol. The number of pyridine rings is 1. The third-order valence-electron chi connectivity index (χ3n) is 3.07. The van der Waals surface area contributed by atoms with Crippen LogP contribution < -0.4 is 10.1 Å². The molecule has 0 spiro atoms. The van der Waals surface area contributed by atoms with E-state index in [4.69, 9.17) is 14.2 Å². The summed E-state index contributed by atoms with van der Waals surface area (Å²) in [5, 5.41) is 3.32. The van der Waals surface area contributed by atoms with Crippen LogP contribution in [0.2, 0.25) is 0 Å². The predicted molar refractivity (Wildman–Crippen MR) is 72.3 cm³/mol. The second kappa shape index (κ2) is 8.09. The molecule has 0 aromatic carbocycles. The Morgan fingerprint density at radius 3 is 2.79 bits per heavy atom. The summed E-state index contributed by atoms with van der Waals surface area (Å²) < 4.78 is 16.2. The van der Waals surface area contributed by atoms with Crippen molar-refractivity contribution >= 4 is 0 Å². The van der Waals surface area contributed by atoms with E-state index in [1.165, 1.54) is 0 Å². The number of nitrogens with zero attached hydrogens (tertiary/aromatic N) is 1. The molecule has 1 fully saturated rings. The molecule has 19 heavy (non-hydrogen) atoms. The van der Waals surface area contributed by atoms with Gasteiger partial charge in [-0.3, -0.25) is 4.98 Å². The number of hydrogen-bond acceptors (Lipinski definition) is 5. The van der Waals surface area contributed by atoms with Crippen LogP contribution in [0.4, 0.5) is 0 Å². The van der Waals surface area contributed by atoms with Gasteiger partial charge in [-0.2, -0.15) is 0 Å². The fourth-order valence-corrected chi connectivity index (χ4v) is 1.99. The van der Waals surface area contributed by atoms with Gasteiger partial charge in [0, 0.05) is 7.11 Å². The lowest BCUT2D eigenvalue weighted by Crippen LogP contribution is -2.34. The Morgan fingerprint density at radius 1 is 1.26 bits per heavy atom. The number of aromatic nitrogens is 1. The molecule has 0 saturated carbocycles. The molecule has 1 aliphatic rings. The quantitative estimate of drug-likeness (QED) is 0.756. The monoisotopic (exact) mass is 266 g/mol. The molecule has 5 heteroatoms. The van der Waals surface area contributed by atoms with E-state index in [0.29, 0.717) is 25.9 Å². The Bertz CT molecular complexity index is 350. The van der Waals surface area contributed by atoms with Crippen molar-refractivity contribution in [2.75, 3.05) is 33.4 Å². The Kier molecular flexibility index (Phi) is 6.07. The van der Waals surface area contributed by atoms with Crippen molar-refractivity contribution < 1.29 is 14.2 Å². The van der Waals surface area contributed by atoms with Gasteiger partial charge in [0.1, 0.15) is 11.9 Å². The van der Waals surface area contributed by atoms with Gasteiger partial charge in [0.2, 0.25) is 0 Å². The molecule has 2 heterocycles. The van der Waals surface area contributed by atoms with Gasteiger partial charge in [-0.25, -0.2) is 0 Å². The maximum absolute atomic E-state index is 5.89. The Hall–Kier alpha value is -1.17. The van der Waals surface area contributed by atoms with Crippen LogP contribution in [0.1, 0.15) is 18.5 Å². The normalized spacial score (nSPS) is 16.5. The van der Waals surface area contributed by atoms with Crippen LogP contribution in [0.5, 0.6) is 5.75 Å². The van der Waals surface area contributed by atoms with E-state index >= 15 is 0 Å². The molecule has 1 N–H and O–H groups in total. The highest BCUT2D eigenvalue weighted by Crippen LogP contribution is 2.16. The zero-order valence-corrected chi connectivity index (χ0v) is 11.4. The lowest BCUT2D eigenvalue weighted by molar-refractivity contribution is 0.0601. The van der Waals surface area contributed by atoms with Gasteiger partial charge in [-0.1, -0.05) is 0 Å². The average Bonchev–Trinajstić information content (AvgIpc) is 2.46. The third-order valence-corrected chi connectivity index (χ3v) is 3.07. The van der Waals surface area contributed by atoms with E-state index in [1.54, 1.807) is 13.3 Å². The van der Waals surface area contributed by atoms with Gasteiger partial charge in [0.15, 0.2) is 0 Å². The van der Waals surface area contributed by atoms with Crippen molar-refractivity contribution in [3.8, 4) is 5.75 Å². The standard InChI is InChI=1S/C14H22N2O3/c1-17-8-9-18-11-12-2-3-14(10-16-12)19-13-4-6-15-7-5-13/h2-3,10,13,15H,4-9,11H2,1H3. The first kappa shape index (κ1) is 14.2. The lowest BCUT2D eigenvalue weighted by Gasteiger charge is -2.23. The van der Waals surface area contributed by atoms with Crippen molar-refractivity contribution in [1.82, 2.24) is 10.3 Å². The minimum Gasteiger partial charge on any atom is -0.489 e. The molecule has 0 amide bonds. The number of methoxy groups -OCH3 is 1. The molecule has 5 nitrogen and oxygen atoms in total. The fourth-order valence-electron chi connectivity index (χ4n) is 1.99. The summed E-state index contributed by atoms with van der Waals surface area (Å²) in [5.41, 5.74) is 0.911. The Morgan fingerprint density at radius 2 is 2.11 bits per heavy atom. The van der Waals surface area contributed by atoms with Gasteiger partial charge in [-0.15, -0.1) is 0 Å². The summed E-state index contributed by atoms with van der Waals surface area (Å²) in [4.78, 5) is 4.34. The summed E-state index contributed by atoms with van der Waals surface area (Å²) in [5.74, 6) is 0.840. The molecule has 0 atom stereocenters. The van der Waals surface area contributed by atoms with Crippen LogP contribution in [-0.4, -0.2) is 44.5 Å². The lowest BCUT2D eigenvalue weighted by atomic mass is 10.1. The van der Waals surface area contributed by atoms with Gasteiger partial charge in [0.05, 0.1) is 31.7 Å². The molecule has 0 bridgehead atoms. The molecule has 2 rings (SSSR count). The maximum atomic E-state index is 5.89. The highest BCUT2D eigenvalue weighted by Gasteiger charge is 2.14. The molecule has 106 valence electrons. The van der Waals surface area contributed by atoms with E-state index in [9.17, 15) is 0 Å². The van der Waals surface area contributed by atoms with Crippen molar-refractivity contribution in [3.05, 3.63) is 24.0 Å². The van der Waals surface area contributed by atoms with E-state index in [1.807, 2.05) is 12.1 Å². The number of piperidine rings is 1. The zero-order valence-electron chi connectivity index (χ0n) is 11.4. The molecule has 1 saturated heterocycles. The van der Waals surface area contributed by atoms with E-state index in [2.05, 4.69) is 10.3 Å². The largest absolute Gasteiger partial charge is 0.489 e. The predicted octanol–water partition coefficient (Wildman–Crippen LogP) is 1.38. The summed E-state index contributed by atoms with van der Waals surface area (Å²) in [6.07, 6.45) is 4.20. The SMILES string of the molecule is COCCOCc1ccc(OC2CCNCC2)cn1. The molecule has 1 aliphatic heterocycles. The van der Waals surface area contributed by atoms with Crippen molar-refractivity contribution in [3.63, 3.8) is 0 Å². The topological polar surface area (TPSA) is 52.6 Å². The van der Waals surface area contributed by atoms with Gasteiger partial charge >= 0.3 is 0 Å². The van der Waals surface area contributed by atoms with Crippen LogP contribution in [0.15, 0.2) is 18.3 Å². The number of rotatable bonds is 7. The summed E-state index contributed by atoms with van der Waals surface area (Å²) in [6.45, 7) is 3.77. The number of hydrogen-bond donors (Lipinski definition) is 1. The number of ether oxygens (including phenoxy) is 3. The Labute approximate surface area is 114 Å². The van der Waals surface area contributed by atoms with Crippen LogP contribution in [0.25, 0.3) is 0 Å². The van der Waals surface area contributed by atoms with E-state index in [-0.39, 0.29) is 0 Å². The summed E-state index contributed by atoms with van der Waals surface area (Å²) in [7, 11) is 1.66. The molecule has 0 unspecified atom stereocenters. The summed E-state index contributed by atoms with van der Waals surface area (Å²) >= 11 is 0. The highest BCUT2D eigenvalue weighted by atomic mass is 16.5. The van der Waals surface area contributed by atoms with Crippen LogP contribution in [0.3, 0.4) is 0 Å². The maximum Gasteiger partial charge on any atom is 0.138 e. The molecular formula is C14H22N2O3. The van der Waals surface area contributed by atoms with Crippen LogP contribution >= 0.6 is 0 Å². The first-order valence-electron chi connectivity index (χ1n) is 6.77. The molecule has 1 aromatic rings. The van der Waals surface area contributed by atoms with Crippen molar-refractivity contribution in [1.29, 1.82) is 0 Å². The molecule has 0 aliphatic carbocycles. The van der Waals surface area contributed by atoms with E-state index < -0.39 is 0 Å². The average molecular weight is 266 g/mol. The minimum atomic E-state index is 0.312. The highest BCUT2D eigenvalue weighted by molar-refractivity contribution is 5.20. The third kappa shape index (κ3) is 5.14. The van der Waals surface area contributed by atoms with Gasteiger partial charge in [-0.05, 0) is 38.1 Å². The minimum absolute atomic E-state index is 0.312. The second-order valence-electron chi connectivity index (χ2n) is 4.60. The summed E-state index contributed by atoms with van der Waals surface area (Å²) in [6, 6.07) is 3.91. The van der Waals surface area contributed by atoms with Crippen molar-refractivity contribution in [2.45, 2.75) is 25.6 Å². The Balaban J connectivity index is 1.74. The smallest absolute Gasteiger partial charge is 0.138 e. The zero-order chi connectivity index (χ0) is 13.3. The van der Waals surface area contributed by atoms with Gasteiger partial charge in [0.25, 0.3) is 0 Å². The van der Waals surface area contributed by atoms with E-state index in [0.717, 1.165) is 37.4 Å². The number of nitrogens with one attached hydrogen (secondary N) is 1. The first-order chi connectivity index (χ1) is 9.38. The molecule has 0 radical (unpaired) electrons. The van der Waals surface area contributed by atoms with Crippen LogP contribution in [-0.2, 0) is 16.1 Å². The van der Waals surface area contributed by atoms with Gasteiger partial charge < -0.3 is 19.5 Å². The fraction of sp³-hybridized carbons (Fsp3) is 0.643. The van der Waals surface area contributed by atoms with Crippen molar-refractivity contribution in [2.24, 2.45) is 0 Å². The second-order valence-corrected chi connectivity index (χ2v) is 4.60. The first-order valence-corrected chi connectivity index (χ1v) is 6.77. The van der Waals surface area contributed by atoms with Crippen LogP contribution in [0, 0.1) is 0 Å².